The van der Waals surface area contributed by atoms with Crippen molar-refractivity contribution in [1.82, 2.24) is 0 Å². The van der Waals surface area contributed by atoms with Crippen LogP contribution in [-0.2, 0) is 0 Å². The predicted molar refractivity (Wildman–Crippen MR) is 84.4 cm³/mol. The molecule has 5 heteroatoms. The van der Waals surface area contributed by atoms with E-state index in [1.54, 1.807) is 12.1 Å². The second-order valence-electron chi connectivity index (χ2n) is 4.11. The molecule has 0 aliphatic heterocycles. The molecule has 0 fully saturated rings. The van der Waals surface area contributed by atoms with Gasteiger partial charge in [-0.25, -0.2) is 4.39 Å². The van der Waals surface area contributed by atoms with Crippen molar-refractivity contribution in [2.75, 3.05) is 5.32 Å². The van der Waals surface area contributed by atoms with Crippen LogP contribution < -0.4 is 11.1 Å². The number of hydrogen-bond donors (Lipinski definition) is 2. The molecule has 19 heavy (non-hydrogen) atoms. The van der Waals surface area contributed by atoms with Crippen LogP contribution >= 0.6 is 28.1 Å². The average molecular weight is 339 g/mol. The maximum absolute atomic E-state index is 13.8. The number of rotatable bonds is 3. The van der Waals surface area contributed by atoms with Crippen molar-refractivity contribution >= 4 is 44.5 Å². The molecule has 0 aliphatic carbocycles. The van der Waals surface area contributed by atoms with Gasteiger partial charge in [0.2, 0.25) is 0 Å². The summed E-state index contributed by atoms with van der Waals surface area (Å²) in [6, 6.07) is 10.5. The number of benzene rings is 2. The first kappa shape index (κ1) is 14.0. The van der Waals surface area contributed by atoms with Crippen LogP contribution in [0.2, 0.25) is 0 Å². The van der Waals surface area contributed by atoms with Gasteiger partial charge in [0.05, 0.1) is 11.3 Å². The van der Waals surface area contributed by atoms with E-state index in [1.807, 2.05) is 25.1 Å². The van der Waals surface area contributed by atoms with Crippen LogP contribution in [0, 0.1) is 12.7 Å². The van der Waals surface area contributed by atoms with Gasteiger partial charge in [0.25, 0.3) is 0 Å². The Hall–Kier alpha value is -1.46. The summed E-state index contributed by atoms with van der Waals surface area (Å²) >= 11 is 8.30. The lowest BCUT2D eigenvalue weighted by Gasteiger charge is -2.14. The summed E-state index contributed by atoms with van der Waals surface area (Å²) < 4.78 is 14.7. The Morgan fingerprint density at radius 3 is 2.63 bits per heavy atom. The van der Waals surface area contributed by atoms with Gasteiger partial charge in [-0.1, -0.05) is 34.2 Å². The van der Waals surface area contributed by atoms with Gasteiger partial charge in [-0.15, -0.1) is 0 Å². The Labute approximate surface area is 124 Å². The molecule has 0 unspecified atom stereocenters. The summed E-state index contributed by atoms with van der Waals surface area (Å²) in [5.74, 6) is -0.424. The monoisotopic (exact) mass is 338 g/mol. The summed E-state index contributed by atoms with van der Waals surface area (Å²) in [6.45, 7) is 1.97. The van der Waals surface area contributed by atoms with E-state index in [0.717, 1.165) is 15.7 Å². The molecule has 0 spiro atoms. The van der Waals surface area contributed by atoms with Crippen molar-refractivity contribution in [2.45, 2.75) is 6.92 Å². The number of thiocarbonyl (C=S) groups is 1. The lowest BCUT2D eigenvalue weighted by Crippen LogP contribution is -2.14. The first-order valence-corrected chi connectivity index (χ1v) is 6.80. The molecule has 2 aromatic rings. The zero-order chi connectivity index (χ0) is 14.0. The SMILES string of the molecule is Cc1cc(Br)ccc1Nc1cccc(F)c1C(N)=S. The van der Waals surface area contributed by atoms with Crippen molar-refractivity contribution in [2.24, 2.45) is 5.73 Å². The van der Waals surface area contributed by atoms with Gasteiger partial charge >= 0.3 is 0 Å². The predicted octanol–water partition coefficient (Wildman–Crippen LogP) is 4.27. The smallest absolute Gasteiger partial charge is 0.135 e. The third kappa shape index (κ3) is 3.11. The van der Waals surface area contributed by atoms with Crippen LogP contribution in [0.3, 0.4) is 0 Å². The Morgan fingerprint density at radius 2 is 2.00 bits per heavy atom. The molecule has 0 atom stereocenters. The van der Waals surface area contributed by atoms with E-state index in [4.69, 9.17) is 18.0 Å². The van der Waals surface area contributed by atoms with Crippen molar-refractivity contribution in [3.05, 3.63) is 57.8 Å². The van der Waals surface area contributed by atoms with E-state index in [0.29, 0.717) is 5.69 Å². The second-order valence-corrected chi connectivity index (χ2v) is 5.47. The van der Waals surface area contributed by atoms with E-state index in [1.165, 1.54) is 6.07 Å². The highest BCUT2D eigenvalue weighted by Gasteiger charge is 2.11. The van der Waals surface area contributed by atoms with E-state index in [-0.39, 0.29) is 10.6 Å². The molecule has 0 aromatic heterocycles. The fraction of sp³-hybridized carbons (Fsp3) is 0.0714. The van der Waals surface area contributed by atoms with Crippen molar-refractivity contribution in [3.63, 3.8) is 0 Å². The van der Waals surface area contributed by atoms with Crippen LogP contribution in [-0.4, -0.2) is 4.99 Å². The highest BCUT2D eigenvalue weighted by Crippen LogP contribution is 2.27. The molecule has 2 rings (SSSR count). The van der Waals surface area contributed by atoms with Gasteiger partial charge in [0, 0.05) is 10.2 Å². The fourth-order valence-corrected chi connectivity index (χ4v) is 2.47. The van der Waals surface area contributed by atoms with Gasteiger partial charge in [0.15, 0.2) is 0 Å². The number of nitrogens with two attached hydrogens (primary N) is 1. The van der Waals surface area contributed by atoms with Gasteiger partial charge < -0.3 is 11.1 Å². The van der Waals surface area contributed by atoms with E-state index in [2.05, 4.69) is 21.2 Å². The normalized spacial score (nSPS) is 10.3. The lowest BCUT2D eigenvalue weighted by atomic mass is 10.1. The van der Waals surface area contributed by atoms with E-state index >= 15 is 0 Å². The average Bonchev–Trinajstić information content (AvgIpc) is 2.32. The maximum Gasteiger partial charge on any atom is 0.135 e. The van der Waals surface area contributed by atoms with E-state index < -0.39 is 5.82 Å². The van der Waals surface area contributed by atoms with Crippen LogP contribution in [0.25, 0.3) is 0 Å². The standard InChI is InChI=1S/C14H12BrFN2S/c1-8-7-9(15)5-6-11(8)18-12-4-2-3-10(16)13(12)14(17)19/h2-7,18H,1H3,(H2,17,19). The summed E-state index contributed by atoms with van der Waals surface area (Å²) in [6.07, 6.45) is 0. The summed E-state index contributed by atoms with van der Waals surface area (Å²) in [5, 5.41) is 3.16. The molecule has 2 aromatic carbocycles. The number of anilines is 2. The van der Waals surface area contributed by atoms with Gasteiger partial charge in [0.1, 0.15) is 10.8 Å². The van der Waals surface area contributed by atoms with Crippen molar-refractivity contribution in [3.8, 4) is 0 Å². The number of halogens is 2. The molecule has 2 nitrogen and oxygen atoms in total. The Bertz CT molecular complexity index is 643. The molecule has 3 N–H and O–H groups in total. The number of nitrogens with one attached hydrogen (secondary N) is 1. The minimum Gasteiger partial charge on any atom is -0.389 e. The van der Waals surface area contributed by atoms with Gasteiger partial charge in [-0.2, -0.15) is 0 Å². The first-order valence-electron chi connectivity index (χ1n) is 5.60. The highest BCUT2D eigenvalue weighted by molar-refractivity contribution is 9.10. The topological polar surface area (TPSA) is 38.0 Å². The van der Waals surface area contributed by atoms with Crippen LogP contribution in [0.1, 0.15) is 11.1 Å². The molecular formula is C14H12BrFN2S. The molecule has 0 aliphatic rings. The molecular weight excluding hydrogens is 327 g/mol. The van der Waals surface area contributed by atoms with E-state index in [9.17, 15) is 4.39 Å². The Kier molecular flexibility index (Phi) is 4.17. The molecule has 0 saturated carbocycles. The van der Waals surface area contributed by atoms with Crippen molar-refractivity contribution in [1.29, 1.82) is 0 Å². The summed E-state index contributed by atoms with van der Waals surface area (Å²) in [4.78, 5) is 0.0374. The molecule has 98 valence electrons. The fourth-order valence-electron chi connectivity index (χ4n) is 1.79. The zero-order valence-corrected chi connectivity index (χ0v) is 12.6. The Morgan fingerprint density at radius 1 is 1.26 bits per heavy atom. The molecule has 0 saturated heterocycles. The summed E-state index contributed by atoms with van der Waals surface area (Å²) in [7, 11) is 0. The summed E-state index contributed by atoms with van der Waals surface area (Å²) in [5.41, 5.74) is 8.29. The minimum absolute atomic E-state index is 0.0374. The third-order valence-electron chi connectivity index (χ3n) is 2.72. The molecule has 0 radical (unpaired) electrons. The van der Waals surface area contributed by atoms with Crippen molar-refractivity contribution < 1.29 is 4.39 Å². The Balaban J connectivity index is 2.44. The maximum atomic E-state index is 13.8. The van der Waals surface area contributed by atoms with Gasteiger partial charge in [-0.3, -0.25) is 0 Å². The second kappa shape index (κ2) is 5.67. The lowest BCUT2D eigenvalue weighted by molar-refractivity contribution is 0.626. The van der Waals surface area contributed by atoms with Gasteiger partial charge in [-0.05, 0) is 42.8 Å². The number of aryl methyl sites for hydroxylation is 1. The minimum atomic E-state index is -0.424. The highest BCUT2D eigenvalue weighted by atomic mass is 79.9. The quantitative estimate of drug-likeness (QED) is 0.820. The molecule has 0 bridgehead atoms. The van der Waals surface area contributed by atoms with Crippen LogP contribution in [0.5, 0.6) is 0 Å². The zero-order valence-electron chi connectivity index (χ0n) is 10.2. The van der Waals surface area contributed by atoms with Crippen LogP contribution in [0.15, 0.2) is 40.9 Å². The molecule has 0 amide bonds. The van der Waals surface area contributed by atoms with Crippen LogP contribution in [0.4, 0.5) is 15.8 Å². The largest absolute Gasteiger partial charge is 0.389 e. The third-order valence-corrected chi connectivity index (χ3v) is 3.42. The number of hydrogen-bond acceptors (Lipinski definition) is 2. The molecule has 0 heterocycles. The first-order chi connectivity index (χ1) is 8.99.